The molecule has 100 valence electrons. The molecule has 1 atom stereocenters. The van der Waals surface area contributed by atoms with Crippen molar-refractivity contribution in [3.8, 4) is 0 Å². The van der Waals surface area contributed by atoms with Gasteiger partial charge < -0.3 is 10.9 Å². The molecule has 1 unspecified atom stereocenters. The van der Waals surface area contributed by atoms with Crippen LogP contribution in [0.2, 0.25) is 0 Å². The summed E-state index contributed by atoms with van der Waals surface area (Å²) in [6, 6.07) is 2.72. The van der Waals surface area contributed by atoms with Crippen LogP contribution in [0.25, 0.3) is 0 Å². The summed E-state index contributed by atoms with van der Waals surface area (Å²) in [5.74, 6) is -0.0465. The molecule has 18 heavy (non-hydrogen) atoms. The van der Waals surface area contributed by atoms with Crippen molar-refractivity contribution in [2.75, 3.05) is 6.54 Å². The lowest BCUT2D eigenvalue weighted by atomic mass is 10.0. The van der Waals surface area contributed by atoms with E-state index in [1.165, 1.54) is 15.6 Å². The molecule has 1 aliphatic heterocycles. The fourth-order valence-corrected chi connectivity index (χ4v) is 4.87. The second-order valence-corrected chi connectivity index (χ2v) is 7.15. The topological polar surface area (TPSA) is 96.0 Å². The van der Waals surface area contributed by atoms with E-state index in [-0.39, 0.29) is 5.84 Å². The number of amidine groups is 1. The van der Waals surface area contributed by atoms with Gasteiger partial charge >= 0.3 is 0 Å². The Bertz CT molecular complexity index is 525. The van der Waals surface area contributed by atoms with Crippen molar-refractivity contribution in [3.63, 3.8) is 0 Å². The van der Waals surface area contributed by atoms with Crippen molar-refractivity contribution >= 4 is 27.2 Å². The van der Waals surface area contributed by atoms with Crippen LogP contribution in [-0.4, -0.2) is 36.4 Å². The monoisotopic (exact) mass is 289 g/mol. The third-order valence-corrected chi connectivity index (χ3v) is 6.25. The number of nitrogens with two attached hydrogens (primary N) is 1. The molecule has 0 radical (unpaired) electrons. The van der Waals surface area contributed by atoms with E-state index < -0.39 is 16.1 Å². The lowest BCUT2D eigenvalue weighted by Crippen LogP contribution is -2.50. The Morgan fingerprint density at radius 1 is 1.56 bits per heavy atom. The Labute approximate surface area is 110 Å². The average Bonchev–Trinajstić information content (AvgIpc) is 2.92. The molecule has 0 bridgehead atoms. The van der Waals surface area contributed by atoms with Crippen molar-refractivity contribution in [1.29, 1.82) is 0 Å². The molecule has 2 rings (SSSR count). The van der Waals surface area contributed by atoms with Gasteiger partial charge in [0.25, 0.3) is 10.0 Å². The van der Waals surface area contributed by atoms with Gasteiger partial charge in [-0.3, -0.25) is 0 Å². The van der Waals surface area contributed by atoms with Gasteiger partial charge in [0.05, 0.1) is 6.04 Å². The van der Waals surface area contributed by atoms with Crippen LogP contribution in [0, 0.1) is 0 Å². The number of piperidine rings is 1. The van der Waals surface area contributed by atoms with E-state index in [1.54, 1.807) is 17.5 Å². The predicted molar refractivity (Wildman–Crippen MR) is 69.3 cm³/mol. The van der Waals surface area contributed by atoms with Crippen LogP contribution < -0.4 is 5.73 Å². The molecule has 1 aromatic heterocycles. The Morgan fingerprint density at radius 2 is 2.33 bits per heavy atom. The third kappa shape index (κ3) is 2.36. The summed E-state index contributed by atoms with van der Waals surface area (Å²) in [5.41, 5.74) is 5.59. The van der Waals surface area contributed by atoms with Gasteiger partial charge in [-0.25, -0.2) is 8.42 Å². The van der Waals surface area contributed by atoms with Crippen molar-refractivity contribution in [3.05, 3.63) is 17.5 Å². The maximum atomic E-state index is 12.4. The predicted octanol–water partition coefficient (Wildman–Crippen LogP) is 1.04. The van der Waals surface area contributed by atoms with Crippen molar-refractivity contribution in [1.82, 2.24) is 4.31 Å². The molecule has 1 fully saturated rings. The average molecular weight is 289 g/mol. The highest BCUT2D eigenvalue weighted by atomic mass is 32.2. The van der Waals surface area contributed by atoms with Gasteiger partial charge in [-0.2, -0.15) is 4.31 Å². The molecule has 2 heterocycles. The summed E-state index contributed by atoms with van der Waals surface area (Å²) >= 11 is 1.17. The van der Waals surface area contributed by atoms with Crippen LogP contribution in [-0.2, 0) is 10.0 Å². The summed E-state index contributed by atoms with van der Waals surface area (Å²) < 4.78 is 26.5. The van der Waals surface area contributed by atoms with Gasteiger partial charge in [0.1, 0.15) is 4.21 Å². The van der Waals surface area contributed by atoms with E-state index in [2.05, 4.69) is 5.16 Å². The second-order valence-electron chi connectivity index (χ2n) is 4.08. The third-order valence-electron chi connectivity index (χ3n) is 2.97. The smallest absolute Gasteiger partial charge is 0.253 e. The number of thiophene rings is 1. The molecule has 0 amide bonds. The zero-order valence-electron chi connectivity index (χ0n) is 9.69. The van der Waals surface area contributed by atoms with Crippen molar-refractivity contribution in [2.24, 2.45) is 10.9 Å². The highest BCUT2D eigenvalue weighted by molar-refractivity contribution is 7.91. The summed E-state index contributed by atoms with van der Waals surface area (Å²) in [5, 5.41) is 13.4. The molecule has 1 aromatic rings. The number of oxime groups is 1. The summed E-state index contributed by atoms with van der Waals surface area (Å²) in [7, 11) is -3.54. The Balaban J connectivity index is 2.35. The van der Waals surface area contributed by atoms with Gasteiger partial charge in [0.15, 0.2) is 5.84 Å². The summed E-state index contributed by atoms with van der Waals surface area (Å²) in [6.07, 6.45) is 2.25. The number of hydrogen-bond acceptors (Lipinski definition) is 5. The number of sulfonamides is 1. The lowest BCUT2D eigenvalue weighted by molar-refractivity contribution is 0.281. The number of hydrogen-bond donors (Lipinski definition) is 2. The molecule has 0 spiro atoms. The quantitative estimate of drug-likeness (QED) is 0.376. The van der Waals surface area contributed by atoms with E-state index in [0.717, 1.165) is 12.8 Å². The highest BCUT2D eigenvalue weighted by Crippen LogP contribution is 2.27. The molecular weight excluding hydrogens is 274 g/mol. The second kappa shape index (κ2) is 5.25. The van der Waals surface area contributed by atoms with E-state index in [0.29, 0.717) is 17.2 Å². The molecule has 1 aliphatic rings. The SMILES string of the molecule is NC(=NO)C1CCCCN1S(=O)(=O)c1cccs1. The van der Waals surface area contributed by atoms with Crippen LogP contribution in [0.5, 0.6) is 0 Å². The van der Waals surface area contributed by atoms with Crippen LogP contribution in [0.3, 0.4) is 0 Å². The van der Waals surface area contributed by atoms with Gasteiger partial charge in [0, 0.05) is 6.54 Å². The fourth-order valence-electron chi connectivity index (χ4n) is 2.08. The highest BCUT2D eigenvalue weighted by Gasteiger charge is 2.36. The molecular formula is C10H15N3O3S2. The minimum atomic E-state index is -3.54. The van der Waals surface area contributed by atoms with Gasteiger partial charge in [-0.1, -0.05) is 17.6 Å². The molecule has 0 aromatic carbocycles. The molecule has 8 heteroatoms. The van der Waals surface area contributed by atoms with Crippen LogP contribution >= 0.6 is 11.3 Å². The zero-order chi connectivity index (χ0) is 13.2. The van der Waals surface area contributed by atoms with Crippen LogP contribution in [0.15, 0.2) is 26.9 Å². The fraction of sp³-hybridized carbons (Fsp3) is 0.500. The molecule has 0 aliphatic carbocycles. The first-order valence-corrected chi connectivity index (χ1v) is 7.92. The minimum Gasteiger partial charge on any atom is -0.409 e. The molecule has 1 saturated heterocycles. The van der Waals surface area contributed by atoms with Crippen LogP contribution in [0.1, 0.15) is 19.3 Å². The summed E-state index contributed by atoms with van der Waals surface area (Å²) in [4.78, 5) is 0. The number of rotatable bonds is 3. The van der Waals surface area contributed by atoms with E-state index in [1.807, 2.05) is 0 Å². The molecule has 6 nitrogen and oxygen atoms in total. The minimum absolute atomic E-state index is 0.0465. The zero-order valence-corrected chi connectivity index (χ0v) is 11.3. The molecule has 3 N–H and O–H groups in total. The number of nitrogens with zero attached hydrogens (tertiary/aromatic N) is 2. The Hall–Kier alpha value is -1.12. The van der Waals surface area contributed by atoms with Gasteiger partial charge in [-0.05, 0) is 24.3 Å². The van der Waals surface area contributed by atoms with Crippen molar-refractivity contribution in [2.45, 2.75) is 29.5 Å². The lowest BCUT2D eigenvalue weighted by Gasteiger charge is -2.33. The maximum absolute atomic E-state index is 12.4. The summed E-state index contributed by atoms with van der Waals surface area (Å²) in [6.45, 7) is 0.404. The largest absolute Gasteiger partial charge is 0.409 e. The standard InChI is InChI=1S/C10H15N3O3S2/c11-10(12-14)8-4-1-2-6-13(8)18(15,16)9-5-3-7-17-9/h3,5,7-8,14H,1-2,4,6H2,(H2,11,12). The normalized spacial score (nSPS) is 23.1. The van der Waals surface area contributed by atoms with Crippen LogP contribution in [0.4, 0.5) is 0 Å². The Morgan fingerprint density at radius 3 is 2.94 bits per heavy atom. The first-order valence-electron chi connectivity index (χ1n) is 5.60. The maximum Gasteiger partial charge on any atom is 0.253 e. The molecule has 0 saturated carbocycles. The first kappa shape index (κ1) is 13.3. The Kier molecular flexibility index (Phi) is 3.88. The van der Waals surface area contributed by atoms with E-state index in [9.17, 15) is 8.42 Å². The van der Waals surface area contributed by atoms with Crippen molar-refractivity contribution < 1.29 is 13.6 Å². The van der Waals surface area contributed by atoms with Gasteiger partial charge in [0.2, 0.25) is 0 Å². The first-order chi connectivity index (χ1) is 8.57. The van der Waals surface area contributed by atoms with Gasteiger partial charge in [-0.15, -0.1) is 11.3 Å². The van der Waals surface area contributed by atoms with E-state index in [4.69, 9.17) is 10.9 Å². The van der Waals surface area contributed by atoms with E-state index >= 15 is 0 Å².